The Labute approximate surface area is 95.9 Å². The summed E-state index contributed by atoms with van der Waals surface area (Å²) in [7, 11) is 4.03. The number of aryl methyl sites for hydroxylation is 1. The third-order valence-corrected chi connectivity index (χ3v) is 2.34. The van der Waals surface area contributed by atoms with Crippen LogP contribution in [0, 0.1) is 6.92 Å². The van der Waals surface area contributed by atoms with Crippen LogP contribution >= 0.6 is 0 Å². The summed E-state index contributed by atoms with van der Waals surface area (Å²) < 4.78 is 0. The average Bonchev–Trinajstić information content (AvgIpc) is 2.16. The van der Waals surface area contributed by atoms with Gasteiger partial charge in [0, 0.05) is 18.8 Å². The molecule has 0 saturated heterocycles. The number of nitrogens with zero attached hydrogens (tertiary/aromatic N) is 1. The summed E-state index contributed by atoms with van der Waals surface area (Å²) in [6.07, 6.45) is 0. The van der Waals surface area contributed by atoms with Gasteiger partial charge in [-0.15, -0.1) is 0 Å². The summed E-state index contributed by atoms with van der Waals surface area (Å²) in [4.78, 5) is 12.9. The molecule has 0 aliphatic heterocycles. The number of hydrogen-bond acceptors (Lipinski definition) is 3. The number of carboxylic acid groups (broad SMARTS) is 1. The van der Waals surface area contributed by atoms with Gasteiger partial charge in [-0.25, -0.2) is 4.79 Å². The Hall–Kier alpha value is -1.55. The van der Waals surface area contributed by atoms with Crippen LogP contribution in [-0.2, 0) is 0 Å². The molecule has 0 spiro atoms. The smallest absolute Gasteiger partial charge is 0.335 e. The van der Waals surface area contributed by atoms with Crippen LogP contribution < -0.4 is 5.32 Å². The highest BCUT2D eigenvalue weighted by atomic mass is 16.4. The van der Waals surface area contributed by atoms with E-state index in [0.29, 0.717) is 5.56 Å². The van der Waals surface area contributed by atoms with Gasteiger partial charge in [-0.1, -0.05) is 0 Å². The Morgan fingerprint density at radius 3 is 2.62 bits per heavy atom. The second-order valence-corrected chi connectivity index (χ2v) is 4.06. The number of hydrogen-bond donors (Lipinski definition) is 2. The Morgan fingerprint density at radius 1 is 1.44 bits per heavy atom. The van der Waals surface area contributed by atoms with Gasteiger partial charge < -0.3 is 15.3 Å². The fourth-order valence-corrected chi connectivity index (χ4v) is 1.44. The van der Waals surface area contributed by atoms with Crippen molar-refractivity contribution in [3.05, 3.63) is 29.3 Å². The lowest BCUT2D eigenvalue weighted by Crippen LogP contribution is -2.20. The van der Waals surface area contributed by atoms with E-state index >= 15 is 0 Å². The molecule has 0 atom stereocenters. The van der Waals surface area contributed by atoms with Gasteiger partial charge >= 0.3 is 5.97 Å². The number of nitrogens with one attached hydrogen (secondary N) is 1. The summed E-state index contributed by atoms with van der Waals surface area (Å²) in [5, 5.41) is 12.1. The molecular weight excluding hydrogens is 204 g/mol. The van der Waals surface area contributed by atoms with Crippen molar-refractivity contribution < 1.29 is 9.90 Å². The first-order valence-corrected chi connectivity index (χ1v) is 5.23. The topological polar surface area (TPSA) is 52.6 Å². The van der Waals surface area contributed by atoms with Gasteiger partial charge in [0.05, 0.1) is 5.56 Å². The van der Waals surface area contributed by atoms with Crippen LogP contribution in [0.2, 0.25) is 0 Å². The van der Waals surface area contributed by atoms with Crippen molar-refractivity contribution >= 4 is 11.7 Å². The quantitative estimate of drug-likeness (QED) is 0.795. The normalized spacial score (nSPS) is 10.5. The largest absolute Gasteiger partial charge is 0.478 e. The lowest BCUT2D eigenvalue weighted by Gasteiger charge is -2.12. The molecule has 0 saturated carbocycles. The molecule has 0 aliphatic rings. The zero-order chi connectivity index (χ0) is 12.1. The van der Waals surface area contributed by atoms with Crippen molar-refractivity contribution in [1.29, 1.82) is 0 Å². The maximum absolute atomic E-state index is 10.8. The van der Waals surface area contributed by atoms with E-state index in [1.165, 1.54) is 0 Å². The average molecular weight is 222 g/mol. The molecule has 0 aliphatic carbocycles. The van der Waals surface area contributed by atoms with Gasteiger partial charge in [0.1, 0.15) is 0 Å². The van der Waals surface area contributed by atoms with Crippen LogP contribution in [-0.4, -0.2) is 43.2 Å². The van der Waals surface area contributed by atoms with Gasteiger partial charge in [-0.05, 0) is 44.8 Å². The van der Waals surface area contributed by atoms with Gasteiger partial charge in [0.2, 0.25) is 0 Å². The van der Waals surface area contributed by atoms with Crippen molar-refractivity contribution in [1.82, 2.24) is 4.90 Å². The fraction of sp³-hybridized carbons (Fsp3) is 0.417. The number of likely N-dealkylation sites (N-methyl/N-ethyl adjacent to an activating group) is 1. The molecule has 2 N–H and O–H groups in total. The van der Waals surface area contributed by atoms with E-state index in [2.05, 4.69) is 10.2 Å². The minimum Gasteiger partial charge on any atom is -0.478 e. The van der Waals surface area contributed by atoms with Crippen LogP contribution in [0.5, 0.6) is 0 Å². The minimum absolute atomic E-state index is 0.359. The first-order valence-electron chi connectivity index (χ1n) is 5.23. The minimum atomic E-state index is -0.877. The maximum Gasteiger partial charge on any atom is 0.335 e. The number of rotatable bonds is 5. The molecule has 0 fully saturated rings. The predicted octanol–water partition coefficient (Wildman–Crippen LogP) is 1.67. The van der Waals surface area contributed by atoms with Crippen LogP contribution in [0.3, 0.4) is 0 Å². The highest BCUT2D eigenvalue weighted by molar-refractivity contribution is 5.89. The molecule has 1 rings (SSSR count). The Morgan fingerprint density at radius 2 is 2.12 bits per heavy atom. The lowest BCUT2D eigenvalue weighted by molar-refractivity contribution is 0.0696. The zero-order valence-electron chi connectivity index (χ0n) is 9.95. The predicted molar refractivity (Wildman–Crippen MR) is 65.2 cm³/mol. The molecule has 88 valence electrons. The fourth-order valence-electron chi connectivity index (χ4n) is 1.44. The highest BCUT2D eigenvalue weighted by Gasteiger charge is 2.06. The third kappa shape index (κ3) is 3.55. The van der Waals surface area contributed by atoms with Crippen molar-refractivity contribution in [3.63, 3.8) is 0 Å². The van der Waals surface area contributed by atoms with E-state index in [1.807, 2.05) is 20.2 Å². The molecule has 4 nitrogen and oxygen atoms in total. The monoisotopic (exact) mass is 222 g/mol. The van der Waals surface area contributed by atoms with Crippen LogP contribution in [0.15, 0.2) is 18.2 Å². The number of benzene rings is 1. The highest BCUT2D eigenvalue weighted by Crippen LogP contribution is 2.14. The van der Waals surface area contributed by atoms with E-state index in [0.717, 1.165) is 24.3 Å². The van der Waals surface area contributed by atoms with Gasteiger partial charge in [-0.2, -0.15) is 0 Å². The van der Waals surface area contributed by atoms with Crippen LogP contribution in [0.1, 0.15) is 15.9 Å². The summed E-state index contributed by atoms with van der Waals surface area (Å²) in [6.45, 7) is 3.60. The Balaban J connectivity index is 2.63. The molecule has 0 bridgehead atoms. The van der Waals surface area contributed by atoms with Crippen LogP contribution in [0.25, 0.3) is 0 Å². The standard InChI is InChI=1S/C12H18N2O2/c1-9-8-10(13-6-7-14(2)3)4-5-11(9)12(15)16/h4-5,8,13H,6-7H2,1-3H3,(H,15,16). The summed E-state index contributed by atoms with van der Waals surface area (Å²) in [5.41, 5.74) is 2.10. The van der Waals surface area contributed by atoms with Crippen molar-refractivity contribution in [2.75, 3.05) is 32.5 Å². The molecule has 16 heavy (non-hydrogen) atoms. The van der Waals surface area contributed by atoms with E-state index in [4.69, 9.17) is 5.11 Å². The summed E-state index contributed by atoms with van der Waals surface area (Å²) in [5.74, 6) is -0.877. The summed E-state index contributed by atoms with van der Waals surface area (Å²) >= 11 is 0. The SMILES string of the molecule is Cc1cc(NCCN(C)C)ccc1C(=O)O. The first kappa shape index (κ1) is 12.5. The first-order chi connectivity index (χ1) is 7.50. The molecule has 1 aromatic rings. The number of carbonyl (C=O) groups is 1. The molecule has 0 heterocycles. The van der Waals surface area contributed by atoms with E-state index < -0.39 is 5.97 Å². The van der Waals surface area contributed by atoms with Gasteiger partial charge in [0.15, 0.2) is 0 Å². The second kappa shape index (κ2) is 5.51. The molecule has 4 heteroatoms. The molecule has 0 radical (unpaired) electrons. The molecular formula is C12H18N2O2. The second-order valence-electron chi connectivity index (χ2n) is 4.06. The zero-order valence-corrected chi connectivity index (χ0v) is 9.95. The molecule has 1 aromatic carbocycles. The lowest BCUT2D eigenvalue weighted by atomic mass is 10.1. The van der Waals surface area contributed by atoms with Crippen molar-refractivity contribution in [2.24, 2.45) is 0 Å². The number of carboxylic acids is 1. The number of anilines is 1. The van der Waals surface area contributed by atoms with E-state index in [9.17, 15) is 4.79 Å². The van der Waals surface area contributed by atoms with Gasteiger partial charge in [-0.3, -0.25) is 0 Å². The molecule has 0 aromatic heterocycles. The van der Waals surface area contributed by atoms with E-state index in [-0.39, 0.29) is 0 Å². The molecule has 0 unspecified atom stereocenters. The van der Waals surface area contributed by atoms with Crippen molar-refractivity contribution in [3.8, 4) is 0 Å². The number of aromatic carboxylic acids is 1. The Bertz CT molecular complexity index is 375. The summed E-state index contributed by atoms with van der Waals surface area (Å²) in [6, 6.07) is 5.29. The van der Waals surface area contributed by atoms with Crippen molar-refractivity contribution in [2.45, 2.75) is 6.92 Å². The maximum atomic E-state index is 10.8. The van der Waals surface area contributed by atoms with E-state index in [1.54, 1.807) is 19.1 Å². The third-order valence-electron chi connectivity index (χ3n) is 2.34. The van der Waals surface area contributed by atoms with Crippen LogP contribution in [0.4, 0.5) is 5.69 Å². The molecule has 0 amide bonds. The van der Waals surface area contributed by atoms with Gasteiger partial charge in [0.25, 0.3) is 0 Å². The Kier molecular flexibility index (Phi) is 4.31.